The number of carbonyl (C=O) groups is 3. The van der Waals surface area contributed by atoms with Crippen LogP contribution in [-0.2, 0) is 28.6 Å². The van der Waals surface area contributed by atoms with E-state index < -0.39 is 6.10 Å². The summed E-state index contributed by atoms with van der Waals surface area (Å²) in [5.74, 6) is -0.869. The van der Waals surface area contributed by atoms with Crippen LogP contribution in [-0.4, -0.2) is 37.2 Å². The highest BCUT2D eigenvalue weighted by Gasteiger charge is 2.19. The van der Waals surface area contributed by atoms with Crippen LogP contribution in [0.25, 0.3) is 0 Å². The van der Waals surface area contributed by atoms with E-state index in [0.29, 0.717) is 19.3 Å². The third kappa shape index (κ3) is 63.9. The second-order valence-electron chi connectivity index (χ2n) is 23.1. The largest absolute Gasteiger partial charge is 0.462 e. The highest BCUT2D eigenvalue weighted by atomic mass is 16.6. The average molecular weight is 1090 g/mol. The summed E-state index contributed by atoms with van der Waals surface area (Å²) in [6.07, 6.45) is 85.3. The summed E-state index contributed by atoms with van der Waals surface area (Å²) >= 11 is 0. The third-order valence-electron chi connectivity index (χ3n) is 15.2. The average Bonchev–Trinajstić information content (AvgIpc) is 3.44. The number of allylic oxidation sites excluding steroid dienone is 10. The Morgan fingerprint density at radius 3 is 0.731 bits per heavy atom. The minimum Gasteiger partial charge on any atom is -0.462 e. The monoisotopic (exact) mass is 1090 g/mol. The van der Waals surface area contributed by atoms with Crippen LogP contribution in [0.4, 0.5) is 0 Å². The van der Waals surface area contributed by atoms with Gasteiger partial charge < -0.3 is 14.2 Å². The molecule has 0 aliphatic carbocycles. The molecule has 78 heavy (non-hydrogen) atoms. The van der Waals surface area contributed by atoms with E-state index in [1.54, 1.807) is 0 Å². The Labute approximate surface area is 485 Å². The van der Waals surface area contributed by atoms with Crippen LogP contribution < -0.4 is 0 Å². The van der Waals surface area contributed by atoms with Gasteiger partial charge in [0.05, 0.1) is 0 Å². The Morgan fingerprint density at radius 1 is 0.256 bits per heavy atom. The van der Waals surface area contributed by atoms with E-state index in [0.717, 1.165) is 96.3 Å². The SMILES string of the molecule is CCCCCC/C=C\C/C=C\CCCCCCCC(=O)OC(COC(=O)CCCCCCCCCCCCCCC)COC(=O)CCCCCCCCCCCCCCCCCC/C=C\C/C=C\C/C=C\CCCCCCC. The smallest absolute Gasteiger partial charge is 0.306 e. The van der Waals surface area contributed by atoms with Gasteiger partial charge in [0.15, 0.2) is 6.10 Å². The molecule has 0 fully saturated rings. The molecule has 0 heterocycles. The fourth-order valence-electron chi connectivity index (χ4n) is 10.1. The fraction of sp³-hybridized carbons (Fsp3) is 0.819. The third-order valence-corrected chi connectivity index (χ3v) is 15.2. The molecule has 0 N–H and O–H groups in total. The molecule has 6 heteroatoms. The van der Waals surface area contributed by atoms with Crippen LogP contribution >= 0.6 is 0 Å². The number of esters is 3. The number of hydrogen-bond donors (Lipinski definition) is 0. The summed E-state index contributed by atoms with van der Waals surface area (Å²) in [6, 6.07) is 0. The van der Waals surface area contributed by atoms with Crippen LogP contribution in [0.15, 0.2) is 60.8 Å². The molecule has 1 unspecified atom stereocenters. The van der Waals surface area contributed by atoms with Crippen molar-refractivity contribution in [2.45, 2.75) is 367 Å². The van der Waals surface area contributed by atoms with E-state index in [1.807, 2.05) is 0 Å². The Balaban J connectivity index is 4.18. The van der Waals surface area contributed by atoms with Gasteiger partial charge in [-0.05, 0) is 89.9 Å². The van der Waals surface area contributed by atoms with Crippen molar-refractivity contribution >= 4 is 17.9 Å². The van der Waals surface area contributed by atoms with E-state index >= 15 is 0 Å². The summed E-state index contributed by atoms with van der Waals surface area (Å²) in [5.41, 5.74) is 0. The molecular weight excluding hydrogens is 961 g/mol. The zero-order chi connectivity index (χ0) is 56.4. The molecule has 0 aromatic heterocycles. The Kier molecular flexibility index (Phi) is 64.2. The van der Waals surface area contributed by atoms with Crippen molar-refractivity contribution in [3.8, 4) is 0 Å². The standard InChI is InChI=1S/C72H130O6/c1-4-7-10-13-16-19-22-25-27-29-30-31-32-33-34-35-36-37-38-39-40-41-42-43-45-47-50-53-56-59-62-65-71(74)77-68-69(67-76-70(73)64-61-58-55-52-49-46-24-21-18-15-12-9-6-3)78-72(75)66-63-60-57-54-51-48-44-28-26-23-20-17-14-11-8-5-2/h20,22-23,25,28-30,32-33,44,69H,4-19,21,24,26-27,31,34-43,45-68H2,1-3H3/b23-20-,25-22-,30-29-,33-32-,44-28-. The normalized spacial score (nSPS) is 12.4. The van der Waals surface area contributed by atoms with Gasteiger partial charge in [0.25, 0.3) is 0 Å². The van der Waals surface area contributed by atoms with Gasteiger partial charge in [-0.25, -0.2) is 0 Å². The summed E-state index contributed by atoms with van der Waals surface area (Å²) < 4.78 is 16.9. The molecule has 1 atom stereocenters. The second-order valence-corrected chi connectivity index (χ2v) is 23.1. The van der Waals surface area contributed by atoms with Gasteiger partial charge in [0.2, 0.25) is 0 Å². The molecule has 0 saturated carbocycles. The zero-order valence-corrected chi connectivity index (χ0v) is 52.2. The lowest BCUT2D eigenvalue weighted by molar-refractivity contribution is -0.167. The van der Waals surface area contributed by atoms with E-state index in [-0.39, 0.29) is 31.1 Å². The number of ether oxygens (including phenoxy) is 3. The maximum atomic E-state index is 12.9. The quantitative estimate of drug-likeness (QED) is 0.0261. The number of hydrogen-bond acceptors (Lipinski definition) is 6. The van der Waals surface area contributed by atoms with E-state index in [2.05, 4.69) is 81.5 Å². The maximum absolute atomic E-state index is 12.9. The van der Waals surface area contributed by atoms with Crippen molar-refractivity contribution in [1.82, 2.24) is 0 Å². The molecule has 0 bridgehead atoms. The van der Waals surface area contributed by atoms with E-state index in [1.165, 1.54) is 225 Å². The van der Waals surface area contributed by atoms with Gasteiger partial charge >= 0.3 is 17.9 Å². The lowest BCUT2D eigenvalue weighted by Crippen LogP contribution is -2.30. The van der Waals surface area contributed by atoms with Gasteiger partial charge in [-0.3, -0.25) is 14.4 Å². The van der Waals surface area contributed by atoms with Crippen LogP contribution in [0.3, 0.4) is 0 Å². The van der Waals surface area contributed by atoms with Crippen molar-refractivity contribution in [1.29, 1.82) is 0 Å². The van der Waals surface area contributed by atoms with Crippen LogP contribution in [0, 0.1) is 0 Å². The molecule has 0 aromatic carbocycles. The minimum atomic E-state index is -0.779. The van der Waals surface area contributed by atoms with E-state index in [9.17, 15) is 14.4 Å². The lowest BCUT2D eigenvalue weighted by atomic mass is 10.0. The van der Waals surface area contributed by atoms with Crippen molar-refractivity contribution in [2.75, 3.05) is 13.2 Å². The molecule has 0 aromatic rings. The topological polar surface area (TPSA) is 78.9 Å². The molecule has 0 radical (unpaired) electrons. The van der Waals surface area contributed by atoms with Gasteiger partial charge in [-0.2, -0.15) is 0 Å². The van der Waals surface area contributed by atoms with Crippen molar-refractivity contribution in [3.63, 3.8) is 0 Å². The van der Waals surface area contributed by atoms with Crippen LogP contribution in [0.1, 0.15) is 361 Å². The lowest BCUT2D eigenvalue weighted by Gasteiger charge is -2.18. The first kappa shape index (κ1) is 75.1. The maximum Gasteiger partial charge on any atom is 0.306 e. The van der Waals surface area contributed by atoms with Crippen LogP contribution in [0.2, 0.25) is 0 Å². The fourth-order valence-corrected chi connectivity index (χ4v) is 10.1. The Hall–Kier alpha value is -2.89. The van der Waals surface area contributed by atoms with Crippen molar-refractivity contribution in [2.24, 2.45) is 0 Å². The predicted octanol–water partition coefficient (Wildman–Crippen LogP) is 23.5. The highest BCUT2D eigenvalue weighted by Crippen LogP contribution is 2.17. The highest BCUT2D eigenvalue weighted by molar-refractivity contribution is 5.71. The van der Waals surface area contributed by atoms with Crippen molar-refractivity contribution in [3.05, 3.63) is 60.8 Å². The number of unbranched alkanes of at least 4 members (excludes halogenated alkanes) is 42. The van der Waals surface area contributed by atoms with Crippen molar-refractivity contribution < 1.29 is 28.6 Å². The van der Waals surface area contributed by atoms with Crippen LogP contribution in [0.5, 0.6) is 0 Å². The molecule has 0 saturated heterocycles. The second kappa shape index (κ2) is 66.6. The molecule has 0 aliphatic rings. The van der Waals surface area contributed by atoms with Gasteiger partial charge in [0, 0.05) is 19.3 Å². The molecule has 0 amide bonds. The van der Waals surface area contributed by atoms with Gasteiger partial charge in [0.1, 0.15) is 13.2 Å². The predicted molar refractivity (Wildman–Crippen MR) is 339 cm³/mol. The first-order valence-corrected chi connectivity index (χ1v) is 34.3. The first-order chi connectivity index (χ1) is 38.5. The molecule has 0 aliphatic heterocycles. The number of carbonyl (C=O) groups excluding carboxylic acids is 3. The first-order valence-electron chi connectivity index (χ1n) is 34.3. The molecule has 0 rings (SSSR count). The summed E-state index contributed by atoms with van der Waals surface area (Å²) in [7, 11) is 0. The number of rotatable bonds is 63. The minimum absolute atomic E-state index is 0.0753. The summed E-state index contributed by atoms with van der Waals surface area (Å²) in [6.45, 7) is 6.65. The van der Waals surface area contributed by atoms with E-state index in [4.69, 9.17) is 14.2 Å². The molecule has 454 valence electrons. The van der Waals surface area contributed by atoms with Gasteiger partial charge in [-0.1, -0.05) is 313 Å². The van der Waals surface area contributed by atoms with Gasteiger partial charge in [-0.15, -0.1) is 0 Å². The molecule has 0 spiro atoms. The Morgan fingerprint density at radius 2 is 0.462 bits per heavy atom. The molecular formula is C72H130O6. The molecule has 6 nitrogen and oxygen atoms in total. The zero-order valence-electron chi connectivity index (χ0n) is 52.2. The Bertz CT molecular complexity index is 1390. The summed E-state index contributed by atoms with van der Waals surface area (Å²) in [4.78, 5) is 38.3. The summed E-state index contributed by atoms with van der Waals surface area (Å²) in [5, 5.41) is 0.